The number of hydrogen-bond donors (Lipinski definition) is 1. The molecule has 7 nitrogen and oxygen atoms in total. The summed E-state index contributed by atoms with van der Waals surface area (Å²) in [5, 5.41) is 7.38. The number of ether oxygens (including phenoxy) is 2. The number of aromatic amines is 1. The highest BCUT2D eigenvalue weighted by atomic mass is 16.5. The van der Waals surface area contributed by atoms with Crippen molar-refractivity contribution in [3.05, 3.63) is 59.8 Å². The molecule has 0 saturated carbocycles. The first-order valence-electron chi connectivity index (χ1n) is 9.72. The van der Waals surface area contributed by atoms with Crippen LogP contribution in [-0.2, 0) is 6.61 Å². The van der Waals surface area contributed by atoms with Gasteiger partial charge in [-0.05, 0) is 24.3 Å². The van der Waals surface area contributed by atoms with E-state index < -0.39 is 0 Å². The van der Waals surface area contributed by atoms with E-state index in [4.69, 9.17) is 9.47 Å². The van der Waals surface area contributed by atoms with Gasteiger partial charge in [-0.2, -0.15) is 5.10 Å². The molecule has 3 aromatic rings. The van der Waals surface area contributed by atoms with Crippen LogP contribution >= 0.6 is 0 Å². The van der Waals surface area contributed by atoms with E-state index in [0.29, 0.717) is 25.4 Å². The van der Waals surface area contributed by atoms with E-state index >= 15 is 0 Å². The quantitative estimate of drug-likeness (QED) is 0.745. The number of amides is 1. The summed E-state index contributed by atoms with van der Waals surface area (Å²) < 4.78 is 11.2. The first-order valence-corrected chi connectivity index (χ1v) is 9.72. The number of nitrogens with one attached hydrogen (secondary N) is 1. The van der Waals surface area contributed by atoms with Crippen molar-refractivity contribution in [1.29, 1.82) is 0 Å². The molecule has 0 atom stereocenters. The molecule has 1 fully saturated rings. The number of para-hydroxylation sites is 1. The van der Waals surface area contributed by atoms with Crippen molar-refractivity contribution in [3.63, 3.8) is 0 Å². The average molecular weight is 390 g/mol. The second kappa shape index (κ2) is 7.16. The zero-order valence-electron chi connectivity index (χ0n) is 16.2. The van der Waals surface area contributed by atoms with E-state index in [9.17, 15) is 4.79 Å². The predicted octanol–water partition coefficient (Wildman–Crippen LogP) is 2.94. The molecule has 5 rings (SSSR count). The van der Waals surface area contributed by atoms with Gasteiger partial charge in [-0.15, -0.1) is 0 Å². The molecule has 148 valence electrons. The van der Waals surface area contributed by atoms with Crippen molar-refractivity contribution < 1.29 is 14.3 Å². The Balaban J connectivity index is 1.32. The van der Waals surface area contributed by atoms with E-state index in [2.05, 4.69) is 21.2 Å². The van der Waals surface area contributed by atoms with Crippen molar-refractivity contribution in [2.45, 2.75) is 6.61 Å². The van der Waals surface area contributed by atoms with Gasteiger partial charge < -0.3 is 19.3 Å². The second-order valence-electron chi connectivity index (χ2n) is 7.19. The number of fused-ring (bicyclic) bond motifs is 3. The van der Waals surface area contributed by atoms with Crippen LogP contribution in [0, 0.1) is 0 Å². The van der Waals surface area contributed by atoms with Gasteiger partial charge in [-0.25, -0.2) is 0 Å². The number of nitrogens with zero attached hydrogens (tertiary/aromatic N) is 3. The predicted molar refractivity (Wildman–Crippen MR) is 109 cm³/mol. The molecule has 0 aliphatic carbocycles. The Bertz CT molecular complexity index is 1050. The summed E-state index contributed by atoms with van der Waals surface area (Å²) in [6.07, 6.45) is 0. The topological polar surface area (TPSA) is 70.7 Å². The minimum Gasteiger partial charge on any atom is -0.497 e. The van der Waals surface area contributed by atoms with Crippen LogP contribution in [0.25, 0.3) is 11.3 Å². The van der Waals surface area contributed by atoms with Crippen LogP contribution in [0.5, 0.6) is 11.5 Å². The molecule has 2 aliphatic rings. The first-order chi connectivity index (χ1) is 14.2. The summed E-state index contributed by atoms with van der Waals surface area (Å²) in [5.74, 6) is 1.62. The van der Waals surface area contributed by atoms with Gasteiger partial charge in [0.15, 0.2) is 0 Å². The van der Waals surface area contributed by atoms with E-state index in [1.165, 1.54) is 0 Å². The van der Waals surface area contributed by atoms with E-state index in [-0.39, 0.29) is 5.91 Å². The standard InChI is InChI=1S/C22H22N4O3/c1-28-16-6-4-5-15(13-16)25-9-11-26(12-10-25)22(27)21-18-14-29-19-8-3-2-7-17(19)20(18)23-24-21/h2-8,13H,9-12,14H2,1H3,(H,23,24). The third kappa shape index (κ3) is 3.08. The third-order valence-corrected chi connectivity index (χ3v) is 5.58. The van der Waals surface area contributed by atoms with Crippen LogP contribution < -0.4 is 14.4 Å². The zero-order valence-corrected chi connectivity index (χ0v) is 16.2. The number of anilines is 1. The third-order valence-electron chi connectivity index (χ3n) is 5.58. The van der Waals surface area contributed by atoms with Gasteiger partial charge in [0.25, 0.3) is 5.91 Å². The molecule has 3 heterocycles. The van der Waals surface area contributed by atoms with Gasteiger partial charge in [-0.3, -0.25) is 9.89 Å². The van der Waals surface area contributed by atoms with Gasteiger partial charge in [-0.1, -0.05) is 18.2 Å². The number of carbonyl (C=O) groups is 1. The van der Waals surface area contributed by atoms with Gasteiger partial charge in [0.1, 0.15) is 29.5 Å². The molecule has 1 saturated heterocycles. The fraction of sp³-hybridized carbons (Fsp3) is 0.273. The van der Waals surface area contributed by atoms with Crippen molar-refractivity contribution in [1.82, 2.24) is 15.1 Å². The second-order valence-corrected chi connectivity index (χ2v) is 7.19. The Hall–Kier alpha value is -3.48. The highest BCUT2D eigenvalue weighted by Crippen LogP contribution is 2.37. The molecule has 1 aromatic heterocycles. The smallest absolute Gasteiger partial charge is 0.272 e. The van der Waals surface area contributed by atoms with E-state index in [0.717, 1.165) is 47.1 Å². The molecule has 0 spiro atoms. The summed E-state index contributed by atoms with van der Waals surface area (Å²) in [6.45, 7) is 3.21. The van der Waals surface area contributed by atoms with E-state index in [1.807, 2.05) is 47.4 Å². The number of piperazine rings is 1. The fourth-order valence-electron chi connectivity index (χ4n) is 3.98. The molecule has 7 heteroatoms. The number of rotatable bonds is 3. The summed E-state index contributed by atoms with van der Waals surface area (Å²) in [5.41, 5.74) is 4.21. The average Bonchev–Trinajstić information content (AvgIpc) is 3.23. The minimum atomic E-state index is -0.0213. The molecule has 1 amide bonds. The van der Waals surface area contributed by atoms with Crippen molar-refractivity contribution in [2.24, 2.45) is 0 Å². The number of H-pyrrole nitrogens is 1. The SMILES string of the molecule is COc1cccc(N2CCN(C(=O)c3[nH]nc4c3COc3ccccc3-4)CC2)c1. The molecule has 0 radical (unpaired) electrons. The van der Waals surface area contributed by atoms with Gasteiger partial charge >= 0.3 is 0 Å². The maximum Gasteiger partial charge on any atom is 0.272 e. The molecule has 2 aliphatic heterocycles. The van der Waals surface area contributed by atoms with Crippen LogP contribution in [0.15, 0.2) is 48.5 Å². The van der Waals surface area contributed by atoms with Crippen molar-refractivity contribution >= 4 is 11.6 Å². The summed E-state index contributed by atoms with van der Waals surface area (Å²) in [6, 6.07) is 15.8. The molecule has 1 N–H and O–H groups in total. The number of hydrogen-bond acceptors (Lipinski definition) is 5. The molecule has 0 unspecified atom stereocenters. The van der Waals surface area contributed by atoms with Crippen LogP contribution in [0.4, 0.5) is 5.69 Å². The lowest BCUT2D eigenvalue weighted by atomic mass is 10.0. The van der Waals surface area contributed by atoms with Crippen LogP contribution in [0.3, 0.4) is 0 Å². The normalized spacial score (nSPS) is 15.3. The maximum atomic E-state index is 13.1. The van der Waals surface area contributed by atoms with Gasteiger partial charge in [0.05, 0.1) is 7.11 Å². The molecule has 0 bridgehead atoms. The highest BCUT2D eigenvalue weighted by molar-refractivity contribution is 5.96. The first kappa shape index (κ1) is 17.6. The Kier molecular flexibility index (Phi) is 4.35. The van der Waals surface area contributed by atoms with Crippen LogP contribution in [0.1, 0.15) is 16.1 Å². The van der Waals surface area contributed by atoms with E-state index in [1.54, 1.807) is 7.11 Å². The summed E-state index contributed by atoms with van der Waals surface area (Å²) >= 11 is 0. The number of aromatic nitrogens is 2. The summed E-state index contributed by atoms with van der Waals surface area (Å²) in [7, 11) is 1.67. The lowest BCUT2D eigenvalue weighted by molar-refractivity contribution is 0.0738. The molecular weight excluding hydrogens is 368 g/mol. The van der Waals surface area contributed by atoms with Crippen molar-refractivity contribution in [2.75, 3.05) is 38.2 Å². The highest BCUT2D eigenvalue weighted by Gasteiger charge is 2.30. The lowest BCUT2D eigenvalue weighted by Gasteiger charge is -2.36. The Morgan fingerprint density at radius 1 is 1.10 bits per heavy atom. The van der Waals surface area contributed by atoms with Crippen LogP contribution in [0.2, 0.25) is 0 Å². The molecule has 2 aromatic carbocycles. The number of carbonyl (C=O) groups excluding carboxylic acids is 1. The fourth-order valence-corrected chi connectivity index (χ4v) is 3.98. The lowest BCUT2D eigenvalue weighted by Crippen LogP contribution is -2.49. The number of methoxy groups -OCH3 is 1. The Morgan fingerprint density at radius 3 is 2.76 bits per heavy atom. The van der Waals surface area contributed by atoms with Gasteiger partial charge in [0, 0.05) is 49.1 Å². The minimum absolute atomic E-state index is 0.0213. The number of benzene rings is 2. The van der Waals surface area contributed by atoms with Gasteiger partial charge in [0.2, 0.25) is 0 Å². The zero-order chi connectivity index (χ0) is 19.8. The monoisotopic (exact) mass is 390 g/mol. The molecule has 29 heavy (non-hydrogen) atoms. The van der Waals surface area contributed by atoms with Crippen molar-refractivity contribution in [3.8, 4) is 22.8 Å². The maximum absolute atomic E-state index is 13.1. The van der Waals surface area contributed by atoms with Crippen LogP contribution in [-0.4, -0.2) is 54.3 Å². The Labute approximate surface area is 168 Å². The summed E-state index contributed by atoms with van der Waals surface area (Å²) in [4.78, 5) is 17.3. The molecular formula is C22H22N4O3. The largest absolute Gasteiger partial charge is 0.497 e. The Morgan fingerprint density at radius 2 is 1.93 bits per heavy atom.